The SMILES string of the molecule is C=C[C@H]1C(=O)N[C@H]1/C=C/c1ccccc1. The first-order chi connectivity index (χ1) is 7.31. The summed E-state index contributed by atoms with van der Waals surface area (Å²) in [6, 6.07) is 10.1. The van der Waals surface area contributed by atoms with Crippen LogP contribution in [-0.2, 0) is 4.79 Å². The molecule has 0 aromatic heterocycles. The number of hydrogen-bond donors (Lipinski definition) is 1. The van der Waals surface area contributed by atoms with Crippen molar-refractivity contribution < 1.29 is 4.79 Å². The van der Waals surface area contributed by atoms with Crippen LogP contribution in [0.2, 0.25) is 0 Å². The van der Waals surface area contributed by atoms with Gasteiger partial charge in [0.2, 0.25) is 5.91 Å². The molecule has 2 heteroatoms. The smallest absolute Gasteiger partial charge is 0.229 e. The largest absolute Gasteiger partial charge is 0.348 e. The summed E-state index contributed by atoms with van der Waals surface area (Å²) in [5.41, 5.74) is 1.14. The van der Waals surface area contributed by atoms with Crippen molar-refractivity contribution in [2.24, 2.45) is 5.92 Å². The Morgan fingerprint density at radius 1 is 1.27 bits per heavy atom. The number of carbonyl (C=O) groups is 1. The molecular weight excluding hydrogens is 186 g/mol. The highest BCUT2D eigenvalue weighted by Crippen LogP contribution is 2.18. The lowest BCUT2D eigenvalue weighted by molar-refractivity contribution is -0.131. The van der Waals surface area contributed by atoms with Gasteiger partial charge in [-0.1, -0.05) is 48.6 Å². The fraction of sp³-hybridized carbons (Fsp3) is 0.154. The van der Waals surface area contributed by atoms with Gasteiger partial charge >= 0.3 is 0 Å². The molecule has 1 fully saturated rings. The summed E-state index contributed by atoms with van der Waals surface area (Å²) in [4.78, 5) is 11.1. The summed E-state index contributed by atoms with van der Waals surface area (Å²) in [5, 5.41) is 2.82. The highest BCUT2D eigenvalue weighted by atomic mass is 16.2. The van der Waals surface area contributed by atoms with Crippen molar-refractivity contribution in [2.45, 2.75) is 6.04 Å². The number of β-lactam (4-membered cyclic amide) rings is 1. The minimum atomic E-state index is -0.0648. The molecule has 2 atom stereocenters. The summed E-state index contributed by atoms with van der Waals surface area (Å²) in [6.45, 7) is 3.64. The van der Waals surface area contributed by atoms with E-state index in [-0.39, 0.29) is 17.9 Å². The molecule has 0 radical (unpaired) electrons. The van der Waals surface area contributed by atoms with Gasteiger partial charge in [-0.2, -0.15) is 0 Å². The van der Waals surface area contributed by atoms with Crippen LogP contribution in [0.4, 0.5) is 0 Å². The van der Waals surface area contributed by atoms with Crippen molar-refractivity contribution in [3.05, 3.63) is 54.6 Å². The van der Waals surface area contributed by atoms with Gasteiger partial charge in [0.05, 0.1) is 12.0 Å². The molecule has 1 heterocycles. The quantitative estimate of drug-likeness (QED) is 0.585. The minimum absolute atomic E-state index is 0.0627. The van der Waals surface area contributed by atoms with E-state index in [0.717, 1.165) is 5.56 Å². The van der Waals surface area contributed by atoms with E-state index in [1.165, 1.54) is 0 Å². The predicted molar refractivity (Wildman–Crippen MR) is 61.1 cm³/mol. The van der Waals surface area contributed by atoms with Crippen molar-refractivity contribution >= 4 is 12.0 Å². The maximum absolute atomic E-state index is 11.1. The van der Waals surface area contributed by atoms with Crippen molar-refractivity contribution in [1.82, 2.24) is 5.32 Å². The molecule has 1 amide bonds. The van der Waals surface area contributed by atoms with Crippen molar-refractivity contribution in [2.75, 3.05) is 0 Å². The molecular formula is C13H13NO. The molecule has 76 valence electrons. The van der Waals surface area contributed by atoms with E-state index in [4.69, 9.17) is 0 Å². The first-order valence-electron chi connectivity index (χ1n) is 4.97. The standard InChI is InChI=1S/C13H13NO/c1-2-11-12(14-13(11)15)9-8-10-6-4-3-5-7-10/h2-9,11-12H,1H2,(H,14,15)/b9-8+/t11-,12+/m1/s1. The zero-order chi connectivity index (χ0) is 10.7. The van der Waals surface area contributed by atoms with Crippen LogP contribution in [0.25, 0.3) is 6.08 Å². The van der Waals surface area contributed by atoms with Gasteiger partial charge in [-0.15, -0.1) is 6.58 Å². The second-order valence-electron chi connectivity index (χ2n) is 3.57. The van der Waals surface area contributed by atoms with Gasteiger partial charge < -0.3 is 5.32 Å². The molecule has 0 aliphatic carbocycles. The highest BCUT2D eigenvalue weighted by Gasteiger charge is 2.34. The Morgan fingerprint density at radius 2 is 2.00 bits per heavy atom. The van der Waals surface area contributed by atoms with Gasteiger partial charge in [0.1, 0.15) is 0 Å². The normalized spacial score (nSPS) is 24.7. The summed E-state index contributed by atoms with van der Waals surface area (Å²) >= 11 is 0. The van der Waals surface area contributed by atoms with Crippen molar-refractivity contribution in [1.29, 1.82) is 0 Å². The Balaban J connectivity index is 2.01. The summed E-state index contributed by atoms with van der Waals surface area (Å²) in [6.07, 6.45) is 5.71. The van der Waals surface area contributed by atoms with E-state index in [2.05, 4.69) is 11.9 Å². The average Bonchev–Trinajstić information content (AvgIpc) is 2.26. The zero-order valence-electron chi connectivity index (χ0n) is 8.39. The molecule has 0 saturated carbocycles. The summed E-state index contributed by atoms with van der Waals surface area (Å²) in [5.74, 6) is -0.00215. The number of rotatable bonds is 3. The number of amides is 1. The molecule has 0 unspecified atom stereocenters. The second-order valence-corrected chi connectivity index (χ2v) is 3.57. The Hall–Kier alpha value is -1.83. The lowest BCUT2D eigenvalue weighted by atomic mass is 9.90. The van der Waals surface area contributed by atoms with Gasteiger partial charge in [0.25, 0.3) is 0 Å². The van der Waals surface area contributed by atoms with Crippen LogP contribution < -0.4 is 5.32 Å². The van der Waals surface area contributed by atoms with Gasteiger partial charge in [-0.25, -0.2) is 0 Å². The van der Waals surface area contributed by atoms with Gasteiger partial charge in [-0.05, 0) is 5.56 Å². The van der Waals surface area contributed by atoms with Crippen LogP contribution in [0.15, 0.2) is 49.1 Å². The van der Waals surface area contributed by atoms with Gasteiger partial charge in [0, 0.05) is 0 Å². The molecule has 1 aromatic carbocycles. The minimum Gasteiger partial charge on any atom is -0.348 e. The van der Waals surface area contributed by atoms with Crippen LogP contribution in [0.3, 0.4) is 0 Å². The molecule has 0 spiro atoms. The Morgan fingerprint density at radius 3 is 2.60 bits per heavy atom. The predicted octanol–water partition coefficient (Wildman–Crippen LogP) is 2.00. The van der Waals surface area contributed by atoms with Crippen LogP contribution in [-0.4, -0.2) is 11.9 Å². The summed E-state index contributed by atoms with van der Waals surface area (Å²) < 4.78 is 0. The number of benzene rings is 1. The first kappa shape index (κ1) is 9.71. The van der Waals surface area contributed by atoms with Crippen LogP contribution in [0.5, 0.6) is 0 Å². The molecule has 1 aliphatic heterocycles. The zero-order valence-corrected chi connectivity index (χ0v) is 8.39. The van der Waals surface area contributed by atoms with E-state index < -0.39 is 0 Å². The van der Waals surface area contributed by atoms with Crippen LogP contribution >= 0.6 is 0 Å². The molecule has 1 N–H and O–H groups in total. The highest BCUT2D eigenvalue weighted by molar-refractivity contribution is 5.88. The van der Waals surface area contributed by atoms with E-state index in [0.29, 0.717) is 0 Å². The van der Waals surface area contributed by atoms with E-state index in [1.54, 1.807) is 6.08 Å². The molecule has 2 nitrogen and oxygen atoms in total. The van der Waals surface area contributed by atoms with E-state index >= 15 is 0 Å². The number of carbonyl (C=O) groups excluding carboxylic acids is 1. The fourth-order valence-corrected chi connectivity index (χ4v) is 1.62. The molecule has 2 rings (SSSR count). The third-order valence-electron chi connectivity index (χ3n) is 2.55. The lowest BCUT2D eigenvalue weighted by Crippen LogP contribution is -2.55. The maximum Gasteiger partial charge on any atom is 0.229 e. The number of nitrogens with one attached hydrogen (secondary N) is 1. The molecule has 0 bridgehead atoms. The van der Waals surface area contributed by atoms with Gasteiger partial charge in [-0.3, -0.25) is 4.79 Å². The third kappa shape index (κ3) is 1.99. The van der Waals surface area contributed by atoms with E-state index in [1.807, 2.05) is 42.5 Å². The third-order valence-corrected chi connectivity index (χ3v) is 2.55. The Labute approximate surface area is 89.3 Å². The molecule has 1 aliphatic rings. The first-order valence-corrected chi connectivity index (χ1v) is 4.97. The molecule has 1 saturated heterocycles. The van der Waals surface area contributed by atoms with Crippen LogP contribution in [0.1, 0.15) is 5.56 Å². The number of hydrogen-bond acceptors (Lipinski definition) is 1. The van der Waals surface area contributed by atoms with E-state index in [9.17, 15) is 4.79 Å². The topological polar surface area (TPSA) is 29.1 Å². The summed E-state index contributed by atoms with van der Waals surface area (Å²) in [7, 11) is 0. The average molecular weight is 199 g/mol. The Kier molecular flexibility index (Phi) is 2.68. The van der Waals surface area contributed by atoms with Gasteiger partial charge in [0.15, 0.2) is 0 Å². The van der Waals surface area contributed by atoms with Crippen molar-refractivity contribution in [3.8, 4) is 0 Å². The van der Waals surface area contributed by atoms with Crippen molar-refractivity contribution in [3.63, 3.8) is 0 Å². The molecule has 15 heavy (non-hydrogen) atoms. The maximum atomic E-state index is 11.1. The fourth-order valence-electron chi connectivity index (χ4n) is 1.62. The Bertz CT molecular complexity index is 394. The monoisotopic (exact) mass is 199 g/mol. The van der Waals surface area contributed by atoms with Crippen LogP contribution in [0, 0.1) is 5.92 Å². The molecule has 1 aromatic rings. The lowest BCUT2D eigenvalue weighted by Gasteiger charge is -2.32. The second kappa shape index (κ2) is 4.13.